The van der Waals surface area contributed by atoms with E-state index in [-0.39, 0.29) is 22.9 Å². The van der Waals surface area contributed by atoms with E-state index in [0.717, 1.165) is 18.6 Å². The van der Waals surface area contributed by atoms with Crippen molar-refractivity contribution in [2.24, 2.45) is 5.73 Å². The van der Waals surface area contributed by atoms with Crippen molar-refractivity contribution in [3.05, 3.63) is 29.0 Å². The summed E-state index contributed by atoms with van der Waals surface area (Å²) in [5, 5.41) is -0.0419. The number of halogens is 2. The Kier molecular flexibility index (Phi) is 4.85. The van der Waals surface area contributed by atoms with Gasteiger partial charge in [-0.25, -0.2) is 12.8 Å². The molecule has 0 radical (unpaired) electrons. The maximum atomic E-state index is 13.3. The number of carbonyl (C=O) groups excluding carboxylic acids is 1. The molecule has 1 atom stereocenters. The Labute approximate surface area is 127 Å². The SMILES string of the molecule is NC(=O)C[C@@H]1CCCCN1S(=O)(=O)c1cc(F)ccc1Cl. The van der Waals surface area contributed by atoms with E-state index in [2.05, 4.69) is 0 Å². The summed E-state index contributed by atoms with van der Waals surface area (Å²) in [5.41, 5.74) is 5.18. The van der Waals surface area contributed by atoms with Crippen molar-refractivity contribution in [1.29, 1.82) is 0 Å². The molecule has 1 aliphatic rings. The smallest absolute Gasteiger partial charge is 0.244 e. The zero-order chi connectivity index (χ0) is 15.6. The van der Waals surface area contributed by atoms with Crippen molar-refractivity contribution in [2.45, 2.75) is 36.6 Å². The summed E-state index contributed by atoms with van der Waals surface area (Å²) in [5.74, 6) is -1.24. The molecule has 0 saturated carbocycles. The summed E-state index contributed by atoms with van der Waals surface area (Å²) in [6.07, 6.45) is 2.00. The average molecular weight is 335 g/mol. The third-order valence-electron chi connectivity index (χ3n) is 3.49. The molecular formula is C13H16ClFN2O3S. The van der Waals surface area contributed by atoms with Crippen LogP contribution >= 0.6 is 11.6 Å². The maximum absolute atomic E-state index is 13.3. The minimum atomic E-state index is -3.96. The van der Waals surface area contributed by atoms with Gasteiger partial charge in [0.25, 0.3) is 0 Å². The molecule has 1 heterocycles. The number of hydrogen-bond acceptors (Lipinski definition) is 3. The molecule has 1 aromatic carbocycles. The number of sulfonamides is 1. The fourth-order valence-electron chi connectivity index (χ4n) is 2.53. The first-order chi connectivity index (χ1) is 9.82. The molecule has 8 heteroatoms. The molecule has 0 aromatic heterocycles. The van der Waals surface area contributed by atoms with Crippen molar-refractivity contribution in [2.75, 3.05) is 6.54 Å². The Hall–Kier alpha value is -1.18. The molecule has 0 unspecified atom stereocenters. The number of primary amides is 1. The molecule has 1 fully saturated rings. The number of benzene rings is 1. The van der Waals surface area contributed by atoms with Crippen molar-refractivity contribution >= 4 is 27.5 Å². The van der Waals surface area contributed by atoms with Gasteiger partial charge >= 0.3 is 0 Å². The lowest BCUT2D eigenvalue weighted by atomic mass is 10.0. The van der Waals surface area contributed by atoms with Crippen molar-refractivity contribution in [3.63, 3.8) is 0 Å². The maximum Gasteiger partial charge on any atom is 0.244 e. The second-order valence-electron chi connectivity index (χ2n) is 5.01. The summed E-state index contributed by atoms with van der Waals surface area (Å²) in [6.45, 7) is 0.271. The number of nitrogens with two attached hydrogens (primary N) is 1. The van der Waals surface area contributed by atoms with Gasteiger partial charge < -0.3 is 5.73 Å². The van der Waals surface area contributed by atoms with E-state index in [1.807, 2.05) is 0 Å². The second-order valence-corrected chi connectivity index (χ2v) is 7.28. The molecule has 1 saturated heterocycles. The van der Waals surface area contributed by atoms with Gasteiger partial charge in [0.1, 0.15) is 10.7 Å². The minimum Gasteiger partial charge on any atom is -0.370 e. The van der Waals surface area contributed by atoms with Crippen LogP contribution < -0.4 is 5.73 Å². The van der Waals surface area contributed by atoms with E-state index in [0.29, 0.717) is 12.8 Å². The van der Waals surface area contributed by atoms with Crippen molar-refractivity contribution < 1.29 is 17.6 Å². The predicted octanol–water partition coefficient (Wildman–Crippen LogP) is 1.90. The van der Waals surface area contributed by atoms with Gasteiger partial charge in [-0.05, 0) is 31.0 Å². The Morgan fingerprint density at radius 1 is 1.43 bits per heavy atom. The molecule has 116 valence electrons. The zero-order valence-corrected chi connectivity index (χ0v) is 12.8. The summed E-state index contributed by atoms with van der Waals surface area (Å²) in [6, 6.07) is 2.70. The second kappa shape index (κ2) is 6.29. The fourth-order valence-corrected chi connectivity index (χ4v) is 4.71. The summed E-state index contributed by atoms with van der Waals surface area (Å²) in [4.78, 5) is 10.8. The standard InChI is InChI=1S/C13H16ClFN2O3S/c14-11-5-4-9(15)7-12(11)21(19,20)17-6-2-1-3-10(17)8-13(16)18/h4-5,7,10H,1-3,6,8H2,(H2,16,18)/t10-/m0/s1. The third-order valence-corrected chi connectivity index (χ3v) is 5.92. The highest BCUT2D eigenvalue weighted by Gasteiger charge is 2.35. The molecule has 1 aliphatic heterocycles. The fraction of sp³-hybridized carbons (Fsp3) is 0.462. The van der Waals surface area contributed by atoms with Crippen LogP contribution in [0.1, 0.15) is 25.7 Å². The van der Waals surface area contributed by atoms with Crippen LogP contribution in [0.5, 0.6) is 0 Å². The first kappa shape index (κ1) is 16.2. The molecule has 5 nitrogen and oxygen atoms in total. The molecule has 2 rings (SSSR count). The van der Waals surface area contributed by atoms with E-state index in [1.165, 1.54) is 10.4 Å². The number of hydrogen-bond donors (Lipinski definition) is 1. The van der Waals surface area contributed by atoms with E-state index in [1.54, 1.807) is 0 Å². The minimum absolute atomic E-state index is 0.0419. The lowest BCUT2D eigenvalue weighted by Crippen LogP contribution is -2.45. The normalized spacial score (nSPS) is 20.4. The quantitative estimate of drug-likeness (QED) is 0.913. The molecule has 21 heavy (non-hydrogen) atoms. The monoisotopic (exact) mass is 334 g/mol. The van der Waals surface area contributed by atoms with Crippen LogP contribution in [0.15, 0.2) is 23.1 Å². The summed E-state index contributed by atoms with van der Waals surface area (Å²) in [7, 11) is -3.96. The highest BCUT2D eigenvalue weighted by molar-refractivity contribution is 7.89. The Balaban J connectivity index is 2.40. The van der Waals surface area contributed by atoms with E-state index in [4.69, 9.17) is 17.3 Å². The number of piperidine rings is 1. The van der Waals surface area contributed by atoms with Crippen molar-refractivity contribution in [3.8, 4) is 0 Å². The van der Waals surface area contributed by atoms with Gasteiger partial charge in [-0.2, -0.15) is 4.31 Å². The molecule has 1 amide bonds. The Morgan fingerprint density at radius 3 is 2.81 bits per heavy atom. The number of amides is 1. The number of rotatable bonds is 4. The van der Waals surface area contributed by atoms with Crippen LogP contribution in [0.25, 0.3) is 0 Å². The topological polar surface area (TPSA) is 80.5 Å². The Morgan fingerprint density at radius 2 is 2.14 bits per heavy atom. The molecule has 0 aliphatic carbocycles. The van der Waals surface area contributed by atoms with Gasteiger partial charge in [0, 0.05) is 19.0 Å². The van der Waals surface area contributed by atoms with Crippen LogP contribution in [-0.4, -0.2) is 31.2 Å². The van der Waals surface area contributed by atoms with Gasteiger partial charge in [0.15, 0.2) is 0 Å². The van der Waals surface area contributed by atoms with E-state index in [9.17, 15) is 17.6 Å². The predicted molar refractivity (Wildman–Crippen MR) is 76.8 cm³/mol. The van der Waals surface area contributed by atoms with Gasteiger partial charge in [0.2, 0.25) is 15.9 Å². The van der Waals surface area contributed by atoms with E-state index >= 15 is 0 Å². The molecule has 0 bridgehead atoms. The van der Waals surface area contributed by atoms with Crippen LogP contribution in [0.2, 0.25) is 5.02 Å². The lowest BCUT2D eigenvalue weighted by molar-refractivity contribution is -0.119. The Bertz CT molecular complexity index is 651. The van der Waals surface area contributed by atoms with Crippen LogP contribution in [0.3, 0.4) is 0 Å². The molecule has 1 aromatic rings. The van der Waals surface area contributed by atoms with E-state index < -0.39 is 27.8 Å². The van der Waals surface area contributed by atoms with Gasteiger partial charge in [-0.15, -0.1) is 0 Å². The largest absolute Gasteiger partial charge is 0.370 e. The van der Waals surface area contributed by atoms with Gasteiger partial charge in [-0.3, -0.25) is 4.79 Å². The average Bonchev–Trinajstić information content (AvgIpc) is 2.41. The van der Waals surface area contributed by atoms with Crippen LogP contribution in [0, 0.1) is 5.82 Å². The highest BCUT2D eigenvalue weighted by Crippen LogP contribution is 2.31. The van der Waals surface area contributed by atoms with Crippen LogP contribution in [0.4, 0.5) is 4.39 Å². The highest BCUT2D eigenvalue weighted by atomic mass is 35.5. The lowest BCUT2D eigenvalue weighted by Gasteiger charge is -2.34. The molecule has 2 N–H and O–H groups in total. The molecule has 0 spiro atoms. The first-order valence-corrected chi connectivity index (χ1v) is 8.39. The van der Waals surface area contributed by atoms with Gasteiger partial charge in [-0.1, -0.05) is 18.0 Å². The summed E-state index contributed by atoms with van der Waals surface area (Å²) < 4.78 is 39.9. The first-order valence-electron chi connectivity index (χ1n) is 6.57. The van der Waals surface area contributed by atoms with Crippen LogP contribution in [-0.2, 0) is 14.8 Å². The third kappa shape index (κ3) is 3.53. The zero-order valence-electron chi connectivity index (χ0n) is 11.3. The summed E-state index contributed by atoms with van der Waals surface area (Å²) >= 11 is 5.89. The van der Waals surface area contributed by atoms with Crippen molar-refractivity contribution in [1.82, 2.24) is 4.31 Å². The van der Waals surface area contributed by atoms with Gasteiger partial charge in [0.05, 0.1) is 5.02 Å². The molecular weight excluding hydrogens is 319 g/mol. The number of nitrogens with zero attached hydrogens (tertiary/aromatic N) is 1. The number of carbonyl (C=O) groups is 1.